The zero-order valence-corrected chi connectivity index (χ0v) is 6.28. The predicted octanol–water partition coefficient (Wildman–Crippen LogP) is 0.408. The minimum Gasteiger partial charge on any atom is -0.321 e. The average molecular weight is 145 g/mol. The summed E-state index contributed by atoms with van der Waals surface area (Å²) < 4.78 is 0. The quantitative estimate of drug-likeness (QED) is 0.537. The third-order valence-electron chi connectivity index (χ3n) is 1.61. The fraction of sp³-hybridized carbons (Fsp3) is 0.833. The van der Waals surface area contributed by atoms with Gasteiger partial charge in [-0.05, 0) is 0 Å². The van der Waals surface area contributed by atoms with Crippen molar-refractivity contribution in [3.63, 3.8) is 0 Å². The largest absolute Gasteiger partial charge is 0.321 e. The highest BCUT2D eigenvalue weighted by molar-refractivity contribution is 8.00. The minimum atomic E-state index is -0.205. The monoisotopic (exact) mass is 145 g/mol. The maximum Gasteiger partial charge on any atom is 0.151 e. The number of thioether (sulfide) groups is 1. The number of hydrogen-bond donors (Lipinski definition) is 1. The van der Waals surface area contributed by atoms with E-state index >= 15 is 0 Å². The van der Waals surface area contributed by atoms with Crippen molar-refractivity contribution in [1.29, 1.82) is 0 Å². The van der Waals surface area contributed by atoms with Gasteiger partial charge in [-0.3, -0.25) is 4.79 Å². The van der Waals surface area contributed by atoms with Crippen LogP contribution in [0.4, 0.5) is 0 Å². The van der Waals surface area contributed by atoms with Crippen LogP contribution in [0.5, 0.6) is 0 Å². The van der Waals surface area contributed by atoms with E-state index in [1.165, 1.54) is 0 Å². The average Bonchev–Trinajstić information content (AvgIpc) is 1.83. The maximum absolute atomic E-state index is 10.9. The highest BCUT2D eigenvalue weighted by Crippen LogP contribution is 2.20. The van der Waals surface area contributed by atoms with Crippen LogP contribution >= 0.6 is 11.8 Å². The van der Waals surface area contributed by atoms with Gasteiger partial charge in [-0.1, -0.05) is 6.92 Å². The van der Waals surface area contributed by atoms with Gasteiger partial charge in [0.2, 0.25) is 0 Å². The molecule has 52 valence electrons. The van der Waals surface area contributed by atoms with E-state index < -0.39 is 0 Å². The van der Waals surface area contributed by atoms with E-state index in [1.54, 1.807) is 11.8 Å². The van der Waals surface area contributed by atoms with Crippen molar-refractivity contribution in [3.8, 4) is 0 Å². The van der Waals surface area contributed by atoms with Gasteiger partial charge in [0.1, 0.15) is 0 Å². The van der Waals surface area contributed by atoms with Crippen LogP contribution in [0.1, 0.15) is 13.3 Å². The van der Waals surface area contributed by atoms with Crippen LogP contribution in [0.25, 0.3) is 0 Å². The number of ketones is 1. The second kappa shape index (κ2) is 2.71. The number of nitrogens with two attached hydrogens (primary N) is 1. The van der Waals surface area contributed by atoms with E-state index in [4.69, 9.17) is 5.73 Å². The van der Waals surface area contributed by atoms with Crippen LogP contribution in [0, 0.1) is 0 Å². The zero-order valence-electron chi connectivity index (χ0n) is 5.46. The van der Waals surface area contributed by atoms with E-state index in [-0.39, 0.29) is 11.8 Å². The molecule has 2 atom stereocenters. The topological polar surface area (TPSA) is 43.1 Å². The minimum absolute atomic E-state index is 0.205. The Morgan fingerprint density at radius 3 is 2.89 bits per heavy atom. The summed E-state index contributed by atoms with van der Waals surface area (Å²) in [7, 11) is 0. The van der Waals surface area contributed by atoms with Crippen molar-refractivity contribution in [2.45, 2.75) is 24.6 Å². The molecule has 1 heterocycles. The molecule has 3 heteroatoms. The Morgan fingerprint density at radius 1 is 1.78 bits per heavy atom. The van der Waals surface area contributed by atoms with Gasteiger partial charge in [0, 0.05) is 17.4 Å². The summed E-state index contributed by atoms with van der Waals surface area (Å²) in [6, 6.07) is -0.205. The number of hydrogen-bond acceptors (Lipinski definition) is 3. The summed E-state index contributed by atoms with van der Waals surface area (Å²) in [6.45, 7) is 2.01. The smallest absolute Gasteiger partial charge is 0.151 e. The summed E-state index contributed by atoms with van der Waals surface area (Å²) in [4.78, 5) is 10.9. The van der Waals surface area contributed by atoms with Crippen LogP contribution in [0.15, 0.2) is 0 Å². The van der Waals surface area contributed by atoms with Gasteiger partial charge in [0.05, 0.1) is 6.04 Å². The van der Waals surface area contributed by atoms with Gasteiger partial charge in [0.15, 0.2) is 5.78 Å². The van der Waals surface area contributed by atoms with Crippen molar-refractivity contribution in [2.24, 2.45) is 5.73 Å². The second-order valence-corrected chi connectivity index (χ2v) is 3.80. The summed E-state index contributed by atoms with van der Waals surface area (Å²) in [5.74, 6) is 1.18. The molecule has 0 aromatic heterocycles. The Kier molecular flexibility index (Phi) is 2.13. The van der Waals surface area contributed by atoms with Crippen molar-refractivity contribution in [3.05, 3.63) is 0 Å². The SMILES string of the molecule is CC1SCCC(=O)C1N. The fourth-order valence-electron chi connectivity index (χ4n) is 0.878. The summed E-state index contributed by atoms with van der Waals surface area (Å²) in [6.07, 6.45) is 0.663. The number of carbonyl (C=O) groups is 1. The van der Waals surface area contributed by atoms with Crippen LogP contribution in [-0.4, -0.2) is 22.8 Å². The maximum atomic E-state index is 10.9. The molecule has 1 fully saturated rings. The highest BCUT2D eigenvalue weighted by atomic mass is 32.2. The number of rotatable bonds is 0. The van der Waals surface area contributed by atoms with Gasteiger partial charge < -0.3 is 5.73 Å². The lowest BCUT2D eigenvalue weighted by Gasteiger charge is -2.22. The molecule has 0 bridgehead atoms. The standard InChI is InChI=1S/C6H11NOS/c1-4-6(7)5(8)2-3-9-4/h4,6H,2-3,7H2,1H3. The molecule has 0 amide bonds. The van der Waals surface area contributed by atoms with E-state index in [9.17, 15) is 4.79 Å². The van der Waals surface area contributed by atoms with E-state index in [0.717, 1.165) is 5.75 Å². The van der Waals surface area contributed by atoms with Gasteiger partial charge in [-0.25, -0.2) is 0 Å². The third kappa shape index (κ3) is 1.46. The molecular formula is C6H11NOS. The lowest BCUT2D eigenvalue weighted by molar-refractivity contribution is -0.120. The molecule has 0 saturated carbocycles. The Balaban J connectivity index is 2.51. The van der Waals surface area contributed by atoms with Crippen molar-refractivity contribution in [1.82, 2.24) is 0 Å². The van der Waals surface area contributed by atoms with Crippen LogP contribution in [0.3, 0.4) is 0 Å². The molecule has 1 rings (SSSR count). The lowest BCUT2D eigenvalue weighted by atomic mass is 10.1. The molecule has 2 unspecified atom stereocenters. The zero-order chi connectivity index (χ0) is 6.85. The van der Waals surface area contributed by atoms with Gasteiger partial charge in [-0.2, -0.15) is 11.8 Å². The lowest BCUT2D eigenvalue weighted by Crippen LogP contribution is -2.41. The first-order valence-corrected chi connectivity index (χ1v) is 4.16. The molecule has 1 saturated heterocycles. The third-order valence-corrected chi connectivity index (χ3v) is 2.87. The van der Waals surface area contributed by atoms with Crippen molar-refractivity contribution >= 4 is 17.5 Å². The summed E-state index contributed by atoms with van der Waals surface area (Å²) >= 11 is 1.78. The first-order valence-electron chi connectivity index (χ1n) is 3.11. The first-order chi connectivity index (χ1) is 4.22. The predicted molar refractivity (Wildman–Crippen MR) is 39.5 cm³/mol. The molecule has 2 nitrogen and oxygen atoms in total. The number of Topliss-reactive ketones (excluding diaryl/α,β-unsaturated/α-hetero) is 1. The number of carbonyl (C=O) groups excluding carboxylic acids is 1. The first kappa shape index (κ1) is 7.09. The van der Waals surface area contributed by atoms with E-state index in [0.29, 0.717) is 11.7 Å². The van der Waals surface area contributed by atoms with Gasteiger partial charge in [0.25, 0.3) is 0 Å². The van der Waals surface area contributed by atoms with Gasteiger partial charge >= 0.3 is 0 Å². The van der Waals surface area contributed by atoms with E-state index in [2.05, 4.69) is 0 Å². The Hall–Kier alpha value is -0.0200. The van der Waals surface area contributed by atoms with Crippen molar-refractivity contribution in [2.75, 3.05) is 5.75 Å². The highest BCUT2D eigenvalue weighted by Gasteiger charge is 2.24. The molecule has 0 aromatic carbocycles. The molecule has 1 aliphatic rings. The van der Waals surface area contributed by atoms with Crippen LogP contribution in [0.2, 0.25) is 0 Å². The van der Waals surface area contributed by atoms with Crippen LogP contribution < -0.4 is 5.73 Å². The molecule has 0 aliphatic carbocycles. The molecule has 0 aromatic rings. The van der Waals surface area contributed by atoms with Gasteiger partial charge in [-0.15, -0.1) is 0 Å². The molecule has 1 aliphatic heterocycles. The Bertz CT molecular complexity index is 126. The molecule has 2 N–H and O–H groups in total. The fourth-order valence-corrected chi connectivity index (χ4v) is 1.93. The molecular weight excluding hydrogens is 134 g/mol. The second-order valence-electron chi connectivity index (χ2n) is 2.32. The van der Waals surface area contributed by atoms with Crippen molar-refractivity contribution < 1.29 is 4.79 Å². The summed E-state index contributed by atoms with van der Waals surface area (Å²) in [5, 5.41) is 0.325. The molecule has 0 spiro atoms. The van der Waals surface area contributed by atoms with E-state index in [1.807, 2.05) is 6.92 Å². The Labute approximate surface area is 59.2 Å². The molecule has 9 heavy (non-hydrogen) atoms. The normalized spacial score (nSPS) is 36.9. The summed E-state index contributed by atoms with van der Waals surface area (Å²) in [5.41, 5.74) is 5.55. The molecule has 0 radical (unpaired) electrons. The van der Waals surface area contributed by atoms with Crippen LogP contribution in [-0.2, 0) is 4.79 Å². The Morgan fingerprint density at radius 2 is 2.44 bits per heavy atom.